The average molecular weight is 356 g/mol. The summed E-state index contributed by atoms with van der Waals surface area (Å²) >= 11 is 0. The van der Waals surface area contributed by atoms with Gasteiger partial charge in [-0.3, -0.25) is 4.98 Å². The number of anilines is 1. The monoisotopic (exact) mass is 356 g/mol. The van der Waals surface area contributed by atoms with Crippen LogP contribution in [0.5, 0.6) is 5.88 Å². The summed E-state index contributed by atoms with van der Waals surface area (Å²) in [4.78, 5) is 13.6. The van der Waals surface area contributed by atoms with Crippen LogP contribution in [-0.4, -0.2) is 31.3 Å². The second-order valence-corrected chi connectivity index (χ2v) is 7.75. The second-order valence-electron chi connectivity index (χ2n) is 7.75. The summed E-state index contributed by atoms with van der Waals surface area (Å²) in [5, 5.41) is 8.12. The molecule has 2 aromatic rings. The van der Waals surface area contributed by atoms with Crippen LogP contribution in [-0.2, 0) is 6.54 Å². The first kappa shape index (κ1) is 17.2. The molecule has 1 N–H and O–H groups in total. The lowest BCUT2D eigenvalue weighted by Gasteiger charge is -2.23. The van der Waals surface area contributed by atoms with Crippen LogP contribution in [0.4, 0.5) is 5.82 Å². The molecule has 3 heterocycles. The van der Waals surface area contributed by atoms with Gasteiger partial charge < -0.3 is 10.1 Å². The van der Waals surface area contributed by atoms with E-state index in [9.17, 15) is 0 Å². The first-order chi connectivity index (χ1) is 12.7. The lowest BCUT2D eigenvalue weighted by Crippen LogP contribution is -2.23. The molecule has 26 heavy (non-hydrogen) atoms. The van der Waals surface area contributed by atoms with Crippen molar-refractivity contribution in [2.75, 3.05) is 11.9 Å². The highest BCUT2D eigenvalue weighted by Crippen LogP contribution is 2.29. The highest BCUT2D eigenvalue weighted by Gasteiger charge is 2.25. The van der Waals surface area contributed by atoms with Crippen LogP contribution >= 0.6 is 0 Å². The van der Waals surface area contributed by atoms with Gasteiger partial charge in [0.2, 0.25) is 5.88 Å². The van der Waals surface area contributed by atoms with E-state index in [0.717, 1.165) is 43.5 Å². The molecule has 0 spiro atoms. The van der Waals surface area contributed by atoms with Crippen LogP contribution in [0, 0.1) is 5.92 Å². The fraction of sp³-hybridized carbons (Fsp3) is 0.684. The van der Waals surface area contributed by atoms with Crippen molar-refractivity contribution < 1.29 is 4.74 Å². The maximum Gasteiger partial charge on any atom is 0.234 e. The smallest absolute Gasteiger partial charge is 0.234 e. The predicted octanol–water partition coefficient (Wildman–Crippen LogP) is 3.71. The third-order valence-corrected chi connectivity index (χ3v) is 5.28. The second kappa shape index (κ2) is 7.60. The number of nitrogens with zero attached hydrogens (tertiary/aromatic N) is 5. The molecule has 7 nitrogen and oxygen atoms in total. The zero-order chi connectivity index (χ0) is 17.9. The molecule has 1 saturated carbocycles. The number of aromatic nitrogens is 5. The van der Waals surface area contributed by atoms with Crippen LogP contribution in [0.3, 0.4) is 0 Å². The Bertz CT molecular complexity index is 737. The SMILES string of the molecule is CC(C)c1nc2n(n1)CCCC2Nc1cncc(OCC2CCCC2)n1. The Kier molecular flexibility index (Phi) is 5.04. The van der Waals surface area contributed by atoms with Gasteiger partial charge in [0.05, 0.1) is 25.0 Å². The minimum atomic E-state index is 0.114. The van der Waals surface area contributed by atoms with E-state index < -0.39 is 0 Å². The molecule has 1 aliphatic carbocycles. The van der Waals surface area contributed by atoms with Gasteiger partial charge in [-0.2, -0.15) is 10.1 Å². The lowest BCUT2D eigenvalue weighted by molar-refractivity contribution is 0.243. The molecular weight excluding hydrogens is 328 g/mol. The van der Waals surface area contributed by atoms with Crippen molar-refractivity contribution in [1.82, 2.24) is 24.7 Å². The average Bonchev–Trinajstić information content (AvgIpc) is 3.30. The van der Waals surface area contributed by atoms with E-state index in [1.165, 1.54) is 25.7 Å². The van der Waals surface area contributed by atoms with Gasteiger partial charge in [-0.05, 0) is 31.6 Å². The first-order valence-electron chi connectivity index (χ1n) is 9.85. The number of aryl methyl sites for hydroxylation is 1. The van der Waals surface area contributed by atoms with Crippen molar-refractivity contribution in [3.8, 4) is 5.88 Å². The van der Waals surface area contributed by atoms with Crippen LogP contribution in [0.25, 0.3) is 0 Å². The molecule has 2 aliphatic rings. The maximum absolute atomic E-state index is 5.88. The normalized spacial score (nSPS) is 20.3. The van der Waals surface area contributed by atoms with Crippen LogP contribution in [0.2, 0.25) is 0 Å². The summed E-state index contributed by atoms with van der Waals surface area (Å²) in [5.41, 5.74) is 0. The van der Waals surface area contributed by atoms with Crippen molar-refractivity contribution in [2.24, 2.45) is 5.92 Å². The van der Waals surface area contributed by atoms with Crippen molar-refractivity contribution in [3.63, 3.8) is 0 Å². The predicted molar refractivity (Wildman–Crippen MR) is 99.2 cm³/mol. The fourth-order valence-electron chi connectivity index (χ4n) is 3.80. The minimum absolute atomic E-state index is 0.114. The Morgan fingerprint density at radius 2 is 2.00 bits per heavy atom. The van der Waals surface area contributed by atoms with Crippen molar-refractivity contribution in [3.05, 3.63) is 24.0 Å². The highest BCUT2D eigenvalue weighted by atomic mass is 16.5. The van der Waals surface area contributed by atoms with Crippen LogP contribution in [0.15, 0.2) is 12.4 Å². The van der Waals surface area contributed by atoms with E-state index in [-0.39, 0.29) is 6.04 Å². The topological polar surface area (TPSA) is 77.8 Å². The van der Waals surface area contributed by atoms with E-state index >= 15 is 0 Å². The molecular formula is C19H28N6O. The zero-order valence-electron chi connectivity index (χ0n) is 15.7. The molecule has 1 unspecified atom stereocenters. The van der Waals surface area contributed by atoms with Gasteiger partial charge in [0.25, 0.3) is 0 Å². The number of fused-ring (bicyclic) bond motifs is 1. The zero-order valence-corrected chi connectivity index (χ0v) is 15.7. The number of nitrogens with one attached hydrogen (secondary N) is 1. The quantitative estimate of drug-likeness (QED) is 0.850. The third-order valence-electron chi connectivity index (χ3n) is 5.28. The Morgan fingerprint density at radius 1 is 1.15 bits per heavy atom. The molecule has 0 aromatic carbocycles. The molecule has 2 aromatic heterocycles. The van der Waals surface area contributed by atoms with Gasteiger partial charge in [-0.15, -0.1) is 0 Å². The number of rotatable bonds is 6. The lowest BCUT2D eigenvalue weighted by atomic mass is 10.1. The molecule has 0 amide bonds. The van der Waals surface area contributed by atoms with Crippen molar-refractivity contribution >= 4 is 5.82 Å². The van der Waals surface area contributed by atoms with Crippen LogP contribution in [0.1, 0.15) is 76.0 Å². The summed E-state index contributed by atoms with van der Waals surface area (Å²) < 4.78 is 7.91. The van der Waals surface area contributed by atoms with Gasteiger partial charge in [-0.1, -0.05) is 26.7 Å². The largest absolute Gasteiger partial charge is 0.476 e. The summed E-state index contributed by atoms with van der Waals surface area (Å²) in [6.07, 6.45) is 10.7. The van der Waals surface area contributed by atoms with E-state index in [2.05, 4.69) is 34.2 Å². The first-order valence-corrected chi connectivity index (χ1v) is 9.85. The Hall–Kier alpha value is -2.18. The number of hydrogen-bond donors (Lipinski definition) is 1. The van der Waals surface area contributed by atoms with Gasteiger partial charge in [-0.25, -0.2) is 9.67 Å². The molecule has 7 heteroatoms. The Labute approximate surface area is 154 Å². The third kappa shape index (κ3) is 3.81. The molecule has 140 valence electrons. The standard InChI is InChI=1S/C19H28N6O/c1-13(2)18-23-19-15(8-5-9-25(19)24-18)21-16-10-20-11-17(22-16)26-12-14-6-3-4-7-14/h10-11,13-15H,3-9,12H2,1-2H3,(H,21,22). The van der Waals surface area contributed by atoms with E-state index in [1.54, 1.807) is 12.4 Å². The van der Waals surface area contributed by atoms with E-state index in [0.29, 0.717) is 17.7 Å². The molecule has 1 aliphatic heterocycles. The van der Waals surface area contributed by atoms with Crippen molar-refractivity contribution in [2.45, 2.75) is 70.9 Å². The van der Waals surface area contributed by atoms with E-state index in [1.807, 2.05) is 4.68 Å². The summed E-state index contributed by atoms with van der Waals surface area (Å²) in [6.45, 7) is 5.93. The Balaban J connectivity index is 1.43. The summed E-state index contributed by atoms with van der Waals surface area (Å²) in [7, 11) is 0. The van der Waals surface area contributed by atoms with E-state index in [4.69, 9.17) is 9.72 Å². The van der Waals surface area contributed by atoms with Gasteiger partial charge in [0.1, 0.15) is 11.6 Å². The minimum Gasteiger partial charge on any atom is -0.476 e. The summed E-state index contributed by atoms with van der Waals surface area (Å²) in [5.74, 6) is 4.25. The maximum atomic E-state index is 5.88. The Morgan fingerprint density at radius 3 is 2.81 bits per heavy atom. The molecule has 1 fully saturated rings. The fourth-order valence-corrected chi connectivity index (χ4v) is 3.80. The van der Waals surface area contributed by atoms with Gasteiger partial charge >= 0.3 is 0 Å². The van der Waals surface area contributed by atoms with Crippen LogP contribution < -0.4 is 10.1 Å². The molecule has 0 radical (unpaired) electrons. The molecule has 4 rings (SSSR count). The molecule has 0 saturated heterocycles. The summed E-state index contributed by atoms with van der Waals surface area (Å²) in [6, 6.07) is 0.114. The van der Waals surface area contributed by atoms with Gasteiger partial charge in [0, 0.05) is 12.5 Å². The number of hydrogen-bond acceptors (Lipinski definition) is 6. The highest BCUT2D eigenvalue weighted by molar-refractivity contribution is 5.36. The van der Waals surface area contributed by atoms with Crippen molar-refractivity contribution in [1.29, 1.82) is 0 Å². The number of ether oxygens (including phenoxy) is 1. The molecule has 1 atom stereocenters. The van der Waals surface area contributed by atoms with Gasteiger partial charge in [0.15, 0.2) is 5.82 Å². The molecule has 0 bridgehead atoms.